The Balaban J connectivity index is 0.00000261. The maximum Gasteiger partial charge on any atom is 0.191 e. The Morgan fingerprint density at radius 1 is 1.00 bits per heavy atom. The number of nitrogens with one attached hydrogen (secondary N) is 2. The van der Waals surface area contributed by atoms with Crippen molar-refractivity contribution in [2.24, 2.45) is 4.99 Å². The monoisotopic (exact) mass is 492 g/mol. The number of guanidine groups is 1. The molecule has 2 aromatic carbocycles. The molecular formula is C21H25IN4S. The van der Waals surface area contributed by atoms with Crippen molar-refractivity contribution in [1.82, 2.24) is 15.6 Å². The van der Waals surface area contributed by atoms with Crippen molar-refractivity contribution in [3.8, 4) is 11.1 Å². The van der Waals surface area contributed by atoms with Gasteiger partial charge in [0.1, 0.15) is 5.01 Å². The molecule has 0 aliphatic rings. The van der Waals surface area contributed by atoms with Crippen LogP contribution >= 0.6 is 35.3 Å². The summed E-state index contributed by atoms with van der Waals surface area (Å²) in [6.45, 7) is 5.59. The number of aliphatic imine (C=N–C) groups is 1. The van der Waals surface area contributed by atoms with E-state index in [2.05, 4.69) is 83.0 Å². The summed E-state index contributed by atoms with van der Waals surface area (Å²) in [4.78, 5) is 9.87. The molecule has 0 radical (unpaired) electrons. The maximum atomic E-state index is 4.37. The lowest BCUT2D eigenvalue weighted by Crippen LogP contribution is -2.36. The third-order valence-electron chi connectivity index (χ3n) is 4.04. The van der Waals surface area contributed by atoms with Gasteiger partial charge in [0.15, 0.2) is 5.96 Å². The molecule has 0 saturated carbocycles. The second-order valence-corrected chi connectivity index (χ2v) is 7.53. The van der Waals surface area contributed by atoms with E-state index in [1.807, 2.05) is 6.20 Å². The zero-order valence-corrected chi connectivity index (χ0v) is 19.0. The molecule has 6 heteroatoms. The Morgan fingerprint density at radius 3 is 2.37 bits per heavy atom. The summed E-state index contributed by atoms with van der Waals surface area (Å²) in [6, 6.07) is 17.2. The maximum absolute atomic E-state index is 4.37. The zero-order valence-electron chi connectivity index (χ0n) is 15.8. The van der Waals surface area contributed by atoms with Crippen LogP contribution in [-0.4, -0.2) is 18.0 Å². The molecule has 3 aromatic rings. The lowest BCUT2D eigenvalue weighted by Gasteiger charge is -2.12. The van der Waals surface area contributed by atoms with E-state index in [9.17, 15) is 0 Å². The van der Waals surface area contributed by atoms with Gasteiger partial charge in [0.25, 0.3) is 0 Å². The summed E-state index contributed by atoms with van der Waals surface area (Å²) in [7, 11) is 1.78. The molecule has 0 spiro atoms. The third kappa shape index (κ3) is 6.32. The van der Waals surface area contributed by atoms with Crippen LogP contribution in [0.15, 0.2) is 59.7 Å². The summed E-state index contributed by atoms with van der Waals surface area (Å²) in [5, 5.41) is 7.74. The Hall–Kier alpha value is -1.93. The van der Waals surface area contributed by atoms with Crippen LogP contribution in [0.3, 0.4) is 0 Å². The highest BCUT2D eigenvalue weighted by atomic mass is 127. The van der Waals surface area contributed by atoms with Gasteiger partial charge in [-0.1, -0.05) is 48.0 Å². The van der Waals surface area contributed by atoms with Gasteiger partial charge in [-0.3, -0.25) is 4.99 Å². The van der Waals surface area contributed by atoms with Gasteiger partial charge in [0.05, 0.1) is 6.54 Å². The predicted molar refractivity (Wildman–Crippen MR) is 126 cm³/mol. The SMILES string of the molecule is CN=C(NCc1cccc(-c2cccc(C)c2)c1)NCc1ncc(C)s1.I. The van der Waals surface area contributed by atoms with Crippen LogP contribution in [0.4, 0.5) is 0 Å². The summed E-state index contributed by atoms with van der Waals surface area (Å²) in [5.74, 6) is 0.777. The van der Waals surface area contributed by atoms with Crippen LogP contribution in [0.5, 0.6) is 0 Å². The average Bonchev–Trinajstić information content (AvgIpc) is 3.07. The standard InChI is InChI=1S/C21H24N4S.HI/c1-15-6-4-8-18(10-15)19-9-5-7-17(11-19)13-24-21(22-3)25-14-20-23-12-16(2)26-20;/h4-12H,13-14H2,1-3H3,(H2,22,24,25);1H. The molecule has 3 rings (SSSR count). The minimum Gasteiger partial charge on any atom is -0.352 e. The van der Waals surface area contributed by atoms with E-state index in [0.29, 0.717) is 6.54 Å². The first-order valence-corrected chi connectivity index (χ1v) is 9.47. The van der Waals surface area contributed by atoms with Gasteiger partial charge in [0, 0.05) is 24.7 Å². The molecule has 0 fully saturated rings. The number of hydrogen-bond donors (Lipinski definition) is 2. The molecular weight excluding hydrogens is 467 g/mol. The quantitative estimate of drug-likeness (QED) is 0.302. The molecule has 0 unspecified atom stereocenters. The highest BCUT2D eigenvalue weighted by Crippen LogP contribution is 2.21. The van der Waals surface area contributed by atoms with E-state index in [1.54, 1.807) is 18.4 Å². The Labute approximate surface area is 182 Å². The van der Waals surface area contributed by atoms with Gasteiger partial charge in [-0.05, 0) is 36.6 Å². The fraction of sp³-hybridized carbons (Fsp3) is 0.238. The molecule has 142 valence electrons. The normalized spacial score (nSPS) is 11.0. The van der Waals surface area contributed by atoms with Gasteiger partial charge in [-0.15, -0.1) is 35.3 Å². The van der Waals surface area contributed by atoms with E-state index >= 15 is 0 Å². The van der Waals surface area contributed by atoms with Crippen LogP contribution < -0.4 is 10.6 Å². The van der Waals surface area contributed by atoms with Crippen molar-refractivity contribution in [1.29, 1.82) is 0 Å². The fourth-order valence-corrected chi connectivity index (χ4v) is 3.46. The first kappa shape index (κ1) is 21.4. The molecule has 27 heavy (non-hydrogen) atoms. The predicted octanol–water partition coefficient (Wildman–Crippen LogP) is 4.91. The van der Waals surface area contributed by atoms with Crippen molar-refractivity contribution >= 4 is 41.3 Å². The van der Waals surface area contributed by atoms with E-state index in [4.69, 9.17) is 0 Å². The van der Waals surface area contributed by atoms with Crippen molar-refractivity contribution in [3.63, 3.8) is 0 Å². The Kier molecular flexibility index (Phi) is 8.24. The lowest BCUT2D eigenvalue weighted by molar-refractivity contribution is 0.805. The number of hydrogen-bond acceptors (Lipinski definition) is 3. The topological polar surface area (TPSA) is 49.3 Å². The van der Waals surface area contributed by atoms with E-state index < -0.39 is 0 Å². The third-order valence-corrected chi connectivity index (χ3v) is 4.95. The van der Waals surface area contributed by atoms with Crippen LogP contribution in [0.2, 0.25) is 0 Å². The van der Waals surface area contributed by atoms with E-state index in [0.717, 1.165) is 17.5 Å². The summed E-state index contributed by atoms with van der Waals surface area (Å²) in [5.41, 5.74) is 4.97. The highest BCUT2D eigenvalue weighted by Gasteiger charge is 2.03. The number of halogens is 1. The molecule has 0 amide bonds. The molecule has 2 N–H and O–H groups in total. The minimum atomic E-state index is 0. The number of benzene rings is 2. The molecule has 0 aliphatic carbocycles. The number of aryl methyl sites for hydroxylation is 2. The highest BCUT2D eigenvalue weighted by molar-refractivity contribution is 14.0. The summed E-state index contributed by atoms with van der Waals surface area (Å²) < 4.78 is 0. The average molecular weight is 492 g/mol. The van der Waals surface area contributed by atoms with Gasteiger partial charge < -0.3 is 10.6 Å². The first-order chi connectivity index (χ1) is 12.6. The largest absolute Gasteiger partial charge is 0.352 e. The molecule has 0 atom stereocenters. The van der Waals surface area contributed by atoms with Gasteiger partial charge in [-0.2, -0.15) is 0 Å². The number of thiazole rings is 1. The summed E-state index contributed by atoms with van der Waals surface area (Å²) >= 11 is 1.70. The second kappa shape index (κ2) is 10.4. The van der Waals surface area contributed by atoms with Crippen molar-refractivity contribution in [2.75, 3.05) is 7.05 Å². The van der Waals surface area contributed by atoms with Crippen LogP contribution in [0.1, 0.15) is 21.0 Å². The second-order valence-electron chi connectivity index (χ2n) is 6.21. The molecule has 0 saturated heterocycles. The first-order valence-electron chi connectivity index (χ1n) is 8.66. The lowest BCUT2D eigenvalue weighted by atomic mass is 10.0. The van der Waals surface area contributed by atoms with Crippen molar-refractivity contribution in [3.05, 3.63) is 75.7 Å². The molecule has 0 aliphatic heterocycles. The van der Waals surface area contributed by atoms with E-state index in [1.165, 1.54) is 27.1 Å². The Bertz CT molecular complexity index is 904. The van der Waals surface area contributed by atoms with Gasteiger partial charge >= 0.3 is 0 Å². The van der Waals surface area contributed by atoms with Crippen LogP contribution in [-0.2, 0) is 13.1 Å². The zero-order chi connectivity index (χ0) is 18.4. The molecule has 0 bridgehead atoms. The van der Waals surface area contributed by atoms with Crippen LogP contribution in [0.25, 0.3) is 11.1 Å². The molecule has 1 heterocycles. The number of aromatic nitrogens is 1. The van der Waals surface area contributed by atoms with Gasteiger partial charge in [-0.25, -0.2) is 4.98 Å². The van der Waals surface area contributed by atoms with Crippen molar-refractivity contribution < 1.29 is 0 Å². The number of rotatable bonds is 5. The summed E-state index contributed by atoms with van der Waals surface area (Å²) in [6.07, 6.45) is 1.90. The smallest absolute Gasteiger partial charge is 0.191 e. The minimum absolute atomic E-state index is 0. The molecule has 4 nitrogen and oxygen atoms in total. The van der Waals surface area contributed by atoms with Crippen LogP contribution in [0, 0.1) is 13.8 Å². The molecule has 1 aromatic heterocycles. The van der Waals surface area contributed by atoms with E-state index in [-0.39, 0.29) is 24.0 Å². The fourth-order valence-electron chi connectivity index (χ4n) is 2.73. The van der Waals surface area contributed by atoms with Gasteiger partial charge in [0.2, 0.25) is 0 Å². The Morgan fingerprint density at radius 2 is 1.70 bits per heavy atom. The number of nitrogens with zero attached hydrogens (tertiary/aromatic N) is 2. The van der Waals surface area contributed by atoms with Crippen molar-refractivity contribution in [2.45, 2.75) is 26.9 Å².